The van der Waals surface area contributed by atoms with Crippen molar-refractivity contribution in [1.82, 2.24) is 0 Å². The van der Waals surface area contributed by atoms with E-state index in [1.807, 2.05) is 0 Å². The zero-order valence-corrected chi connectivity index (χ0v) is 7.04. The van der Waals surface area contributed by atoms with Gasteiger partial charge < -0.3 is 0 Å². The van der Waals surface area contributed by atoms with Gasteiger partial charge in [0.05, 0.1) is 0 Å². The molecule has 0 saturated heterocycles. The molecule has 0 heteroatoms. The molecular weight excluding hydrogens is 120 g/mol. The van der Waals surface area contributed by atoms with Crippen LogP contribution in [0.3, 0.4) is 0 Å². The minimum atomic E-state index is -1.42. The molecule has 0 amide bonds. The summed E-state index contributed by atoms with van der Waals surface area (Å²) in [5.74, 6) is 0. The SMILES string of the molecule is [2H]C([2H])(C)C1(C([2H])([2H])C)CCCCC1. The monoisotopic (exact) mass is 144 g/mol. The van der Waals surface area contributed by atoms with E-state index in [0.29, 0.717) is 12.8 Å². The maximum Gasteiger partial charge on any atom is 0.0269 e. The highest BCUT2D eigenvalue weighted by Crippen LogP contribution is 2.41. The number of hydrogen-bond acceptors (Lipinski definition) is 0. The summed E-state index contributed by atoms with van der Waals surface area (Å²) >= 11 is 0. The van der Waals surface area contributed by atoms with Gasteiger partial charge >= 0.3 is 0 Å². The van der Waals surface area contributed by atoms with Crippen LogP contribution in [-0.2, 0) is 0 Å². The zero-order valence-electron chi connectivity index (χ0n) is 11.0. The molecule has 0 aromatic carbocycles. The molecule has 0 nitrogen and oxygen atoms in total. The van der Waals surface area contributed by atoms with Gasteiger partial charge in [0, 0.05) is 5.48 Å². The summed E-state index contributed by atoms with van der Waals surface area (Å²) < 4.78 is 31.4. The Balaban J connectivity index is 3.01. The maximum atomic E-state index is 7.86. The van der Waals surface area contributed by atoms with Crippen molar-refractivity contribution in [2.75, 3.05) is 0 Å². The number of hydrogen-bond donors (Lipinski definition) is 0. The summed E-state index contributed by atoms with van der Waals surface area (Å²) in [6, 6.07) is 0. The van der Waals surface area contributed by atoms with Crippen molar-refractivity contribution in [3.05, 3.63) is 0 Å². The van der Waals surface area contributed by atoms with Gasteiger partial charge in [-0.25, -0.2) is 0 Å². The van der Waals surface area contributed by atoms with Crippen LogP contribution in [0.15, 0.2) is 0 Å². The van der Waals surface area contributed by atoms with Gasteiger partial charge in [0.15, 0.2) is 0 Å². The molecule has 1 fully saturated rings. The molecule has 1 aliphatic carbocycles. The summed E-state index contributed by atoms with van der Waals surface area (Å²) in [5, 5.41) is 0. The first-order valence-corrected chi connectivity index (χ1v) is 4.21. The molecule has 0 unspecified atom stereocenters. The van der Waals surface area contributed by atoms with Gasteiger partial charge in [0.25, 0.3) is 0 Å². The van der Waals surface area contributed by atoms with Crippen molar-refractivity contribution >= 4 is 0 Å². The highest BCUT2D eigenvalue weighted by atomic mass is 14.3. The highest BCUT2D eigenvalue weighted by Gasteiger charge is 2.27. The standard InChI is InChI=1S/C10H20/c1-3-10(4-2)8-6-5-7-9-10/h3-9H2,1-2H3/i3D2,4D2. The fourth-order valence-electron chi connectivity index (χ4n) is 1.78. The largest absolute Gasteiger partial charge is 0.0649 e. The first-order chi connectivity index (χ1) is 6.21. The molecule has 1 rings (SSSR count). The Morgan fingerprint density at radius 3 is 1.90 bits per heavy atom. The van der Waals surface area contributed by atoms with Crippen molar-refractivity contribution in [3.63, 3.8) is 0 Å². The Hall–Kier alpha value is 0. The van der Waals surface area contributed by atoms with Crippen molar-refractivity contribution in [3.8, 4) is 0 Å². The molecule has 0 aromatic heterocycles. The van der Waals surface area contributed by atoms with Gasteiger partial charge in [-0.05, 0) is 18.3 Å². The molecule has 1 aliphatic rings. The van der Waals surface area contributed by atoms with Crippen LogP contribution in [0, 0.1) is 5.41 Å². The molecule has 60 valence electrons. The topological polar surface area (TPSA) is 0 Å². The predicted octanol–water partition coefficient (Wildman–Crippen LogP) is 3.76. The van der Waals surface area contributed by atoms with E-state index in [2.05, 4.69) is 0 Å². The Labute approximate surface area is 70.6 Å². The smallest absolute Gasteiger partial charge is 0.0269 e. The Kier molecular flexibility index (Phi) is 1.41. The van der Waals surface area contributed by atoms with Crippen LogP contribution in [0.4, 0.5) is 0 Å². The lowest BCUT2D eigenvalue weighted by molar-refractivity contribution is 0.173. The molecule has 0 N–H and O–H groups in total. The van der Waals surface area contributed by atoms with E-state index in [0.717, 1.165) is 19.3 Å². The number of rotatable bonds is 2. The third-order valence-corrected chi connectivity index (χ3v) is 2.66. The van der Waals surface area contributed by atoms with Gasteiger partial charge in [-0.15, -0.1) is 0 Å². The van der Waals surface area contributed by atoms with Crippen molar-refractivity contribution in [1.29, 1.82) is 0 Å². The third kappa shape index (κ3) is 1.53. The Bertz CT molecular complexity index is 177. The molecule has 1 saturated carbocycles. The second kappa shape index (κ2) is 3.41. The van der Waals surface area contributed by atoms with Gasteiger partial charge in [-0.2, -0.15) is 0 Å². The van der Waals surface area contributed by atoms with Gasteiger partial charge in [0.1, 0.15) is 0 Å². The second-order valence-corrected chi connectivity index (χ2v) is 3.14. The summed E-state index contributed by atoms with van der Waals surface area (Å²) in [6.07, 6.45) is 1.55. The summed E-state index contributed by atoms with van der Waals surface area (Å²) in [6.45, 7) is 3.05. The first-order valence-electron chi connectivity index (χ1n) is 6.21. The van der Waals surface area contributed by atoms with E-state index >= 15 is 0 Å². The summed E-state index contributed by atoms with van der Waals surface area (Å²) in [4.78, 5) is 0. The average molecular weight is 144 g/mol. The predicted molar refractivity (Wildman–Crippen MR) is 46.1 cm³/mol. The lowest BCUT2D eigenvalue weighted by Gasteiger charge is -2.35. The Morgan fingerprint density at radius 1 is 1.10 bits per heavy atom. The van der Waals surface area contributed by atoms with Gasteiger partial charge in [-0.1, -0.05) is 45.9 Å². The lowest BCUT2D eigenvalue weighted by atomic mass is 9.71. The quantitative estimate of drug-likeness (QED) is 0.553. The third-order valence-electron chi connectivity index (χ3n) is 2.66. The molecule has 0 atom stereocenters. The van der Waals surface area contributed by atoms with Crippen molar-refractivity contribution < 1.29 is 5.48 Å². The molecule has 0 aliphatic heterocycles. The zero-order chi connectivity index (χ0) is 11.0. The van der Waals surface area contributed by atoms with Crippen LogP contribution in [-0.4, -0.2) is 0 Å². The molecule has 10 heavy (non-hydrogen) atoms. The minimum absolute atomic E-state index is 0.681. The van der Waals surface area contributed by atoms with Crippen LogP contribution < -0.4 is 0 Å². The normalized spacial score (nSPS) is 33.4. The van der Waals surface area contributed by atoms with E-state index in [1.165, 1.54) is 13.8 Å². The highest BCUT2D eigenvalue weighted by molar-refractivity contribution is 4.79. The average Bonchev–Trinajstić information content (AvgIpc) is 2.02. The Morgan fingerprint density at radius 2 is 1.60 bits per heavy atom. The van der Waals surface area contributed by atoms with Gasteiger partial charge in [0.2, 0.25) is 0 Å². The molecule has 0 bridgehead atoms. The van der Waals surface area contributed by atoms with Crippen LogP contribution in [0.1, 0.15) is 64.2 Å². The molecule has 0 radical (unpaired) electrons. The minimum Gasteiger partial charge on any atom is -0.0649 e. The van der Waals surface area contributed by atoms with Crippen LogP contribution in [0.25, 0.3) is 0 Å². The lowest BCUT2D eigenvalue weighted by Crippen LogP contribution is -2.21. The van der Waals surface area contributed by atoms with Crippen LogP contribution in [0.5, 0.6) is 0 Å². The maximum absolute atomic E-state index is 7.86. The molecule has 0 spiro atoms. The van der Waals surface area contributed by atoms with Crippen molar-refractivity contribution in [2.45, 2.75) is 58.7 Å². The summed E-state index contributed by atoms with van der Waals surface area (Å²) in [5.41, 5.74) is -0.780. The van der Waals surface area contributed by atoms with E-state index < -0.39 is 18.2 Å². The van der Waals surface area contributed by atoms with E-state index in [4.69, 9.17) is 5.48 Å². The molecule has 0 heterocycles. The second-order valence-electron chi connectivity index (χ2n) is 3.14. The molecule has 0 aromatic rings. The van der Waals surface area contributed by atoms with E-state index in [1.54, 1.807) is 0 Å². The van der Waals surface area contributed by atoms with Crippen molar-refractivity contribution in [2.24, 2.45) is 5.41 Å². The van der Waals surface area contributed by atoms with Gasteiger partial charge in [-0.3, -0.25) is 0 Å². The fourth-order valence-corrected chi connectivity index (χ4v) is 1.78. The fraction of sp³-hybridized carbons (Fsp3) is 1.00. The van der Waals surface area contributed by atoms with E-state index in [-0.39, 0.29) is 0 Å². The summed E-state index contributed by atoms with van der Waals surface area (Å²) in [7, 11) is 0. The van der Waals surface area contributed by atoms with Crippen LogP contribution >= 0.6 is 0 Å². The first kappa shape index (κ1) is 4.13. The van der Waals surface area contributed by atoms with Crippen LogP contribution in [0.2, 0.25) is 0 Å². The molecular formula is C10H20. The van der Waals surface area contributed by atoms with E-state index in [9.17, 15) is 0 Å².